The fourth-order valence-corrected chi connectivity index (χ4v) is 1.45. The summed E-state index contributed by atoms with van der Waals surface area (Å²) >= 11 is 34.1. The lowest BCUT2D eigenvalue weighted by Crippen LogP contribution is -2.18. The average molecular weight is 384 g/mol. The van der Waals surface area contributed by atoms with E-state index in [-0.39, 0.29) is 24.0 Å². The van der Waals surface area contributed by atoms with Crippen LogP contribution in [-0.4, -0.2) is 21.5 Å². The second-order valence-electron chi connectivity index (χ2n) is 3.14. The number of anilines is 1. The maximum atomic E-state index is 8.44. The number of hydrogen-bond acceptors (Lipinski definition) is 5. The molecule has 0 spiro atoms. The zero-order valence-corrected chi connectivity index (χ0v) is 13.5. The van der Waals surface area contributed by atoms with Crippen LogP contribution in [0.2, 0.25) is 0 Å². The van der Waals surface area contributed by atoms with Crippen molar-refractivity contribution in [3.8, 4) is 6.07 Å². The van der Waals surface area contributed by atoms with E-state index in [1.165, 1.54) is 0 Å². The molecule has 11 heteroatoms. The second-order valence-corrected chi connectivity index (χ2v) is 7.70. The minimum Gasteiger partial charge on any atom is -0.353 e. The van der Waals surface area contributed by atoms with E-state index >= 15 is 0 Å². The third-order valence-electron chi connectivity index (χ3n) is 1.66. The number of halogens is 6. The molecule has 1 N–H and O–H groups in total. The maximum absolute atomic E-state index is 8.44. The van der Waals surface area contributed by atoms with Crippen molar-refractivity contribution in [1.82, 2.24) is 15.0 Å². The van der Waals surface area contributed by atoms with Gasteiger partial charge in [-0.1, -0.05) is 69.6 Å². The van der Waals surface area contributed by atoms with Crippen molar-refractivity contribution in [3.63, 3.8) is 0 Å². The standard InChI is InChI=1S/C8H5Cl6N5/c9-7(10,11)4-17-5(8(12,13)14)19-6(18-4)16-3-1-2-15/h1,3H2,(H,16,17,18,19). The molecule has 0 aliphatic rings. The second kappa shape index (κ2) is 6.66. The monoisotopic (exact) mass is 381 g/mol. The van der Waals surface area contributed by atoms with Crippen LogP contribution in [0.25, 0.3) is 0 Å². The Bertz CT molecular complexity index is 456. The first-order valence-electron chi connectivity index (χ1n) is 4.66. The lowest BCUT2D eigenvalue weighted by molar-refractivity contribution is 0.840. The van der Waals surface area contributed by atoms with Gasteiger partial charge in [0.25, 0.3) is 0 Å². The molecule has 0 aliphatic carbocycles. The summed E-state index contributed by atoms with van der Waals surface area (Å²) in [6, 6.07) is 1.94. The van der Waals surface area contributed by atoms with Crippen molar-refractivity contribution in [1.29, 1.82) is 5.26 Å². The molecule has 0 atom stereocenters. The summed E-state index contributed by atoms with van der Waals surface area (Å²) in [4.78, 5) is 11.5. The van der Waals surface area contributed by atoms with Gasteiger partial charge in [0.05, 0.1) is 12.5 Å². The molecule has 19 heavy (non-hydrogen) atoms. The van der Waals surface area contributed by atoms with Gasteiger partial charge in [-0.05, 0) is 0 Å². The van der Waals surface area contributed by atoms with Crippen LogP contribution in [-0.2, 0) is 7.59 Å². The Kier molecular flexibility index (Phi) is 5.99. The molecule has 0 bridgehead atoms. The zero-order valence-electron chi connectivity index (χ0n) is 8.97. The van der Waals surface area contributed by atoms with Crippen molar-refractivity contribution >= 4 is 75.6 Å². The van der Waals surface area contributed by atoms with E-state index in [4.69, 9.17) is 74.9 Å². The van der Waals surface area contributed by atoms with Gasteiger partial charge in [0, 0.05) is 6.54 Å². The number of nitriles is 1. The first-order valence-corrected chi connectivity index (χ1v) is 6.92. The fraction of sp³-hybridized carbons (Fsp3) is 0.500. The van der Waals surface area contributed by atoms with Gasteiger partial charge in [-0.15, -0.1) is 0 Å². The van der Waals surface area contributed by atoms with Crippen molar-refractivity contribution in [2.24, 2.45) is 0 Å². The molecule has 1 rings (SSSR count). The highest BCUT2D eigenvalue weighted by Gasteiger charge is 2.33. The Morgan fingerprint density at radius 2 is 1.42 bits per heavy atom. The van der Waals surface area contributed by atoms with Crippen molar-refractivity contribution < 1.29 is 0 Å². The molecular formula is C8H5Cl6N5. The van der Waals surface area contributed by atoms with E-state index in [1.54, 1.807) is 0 Å². The van der Waals surface area contributed by atoms with E-state index in [9.17, 15) is 0 Å². The minimum atomic E-state index is -1.89. The molecule has 0 saturated carbocycles. The quantitative estimate of drug-likeness (QED) is 0.633. The summed E-state index contributed by atoms with van der Waals surface area (Å²) in [6.45, 7) is 0.291. The van der Waals surface area contributed by atoms with E-state index in [0.717, 1.165) is 0 Å². The lowest BCUT2D eigenvalue weighted by Gasteiger charge is -2.15. The summed E-state index contributed by atoms with van der Waals surface area (Å²) in [5.41, 5.74) is 0. The van der Waals surface area contributed by atoms with Gasteiger partial charge in [-0.2, -0.15) is 15.2 Å². The van der Waals surface area contributed by atoms with Crippen LogP contribution in [0.5, 0.6) is 0 Å². The molecule has 0 aromatic carbocycles. The predicted octanol–water partition coefficient (Wildman–Crippen LogP) is 3.85. The molecule has 0 fully saturated rings. The van der Waals surface area contributed by atoms with Gasteiger partial charge in [0.15, 0.2) is 11.6 Å². The van der Waals surface area contributed by atoms with Crippen molar-refractivity contribution in [3.05, 3.63) is 11.6 Å². The molecule has 0 aliphatic heterocycles. The van der Waals surface area contributed by atoms with Crippen LogP contribution in [0.15, 0.2) is 0 Å². The highest BCUT2D eigenvalue weighted by molar-refractivity contribution is 6.67. The average Bonchev–Trinajstić information content (AvgIpc) is 2.27. The number of aromatic nitrogens is 3. The molecule has 1 aromatic heterocycles. The van der Waals surface area contributed by atoms with E-state index in [1.807, 2.05) is 6.07 Å². The maximum Gasteiger partial charge on any atom is 0.250 e. The molecule has 0 amide bonds. The Hall–Kier alpha value is 0.0400. The summed E-state index contributed by atoms with van der Waals surface area (Å²) in [5, 5.41) is 11.2. The van der Waals surface area contributed by atoms with Gasteiger partial charge in [0.1, 0.15) is 0 Å². The highest BCUT2D eigenvalue weighted by atomic mass is 35.6. The van der Waals surface area contributed by atoms with Crippen LogP contribution < -0.4 is 5.32 Å². The normalized spacial score (nSPS) is 12.1. The molecule has 1 heterocycles. The van der Waals surface area contributed by atoms with Gasteiger partial charge < -0.3 is 5.32 Å². The first kappa shape index (κ1) is 17.1. The SMILES string of the molecule is N#CCCNc1nc(C(Cl)(Cl)Cl)nc(C(Cl)(Cl)Cl)n1. The molecule has 0 saturated heterocycles. The molecule has 0 radical (unpaired) electrons. The first-order chi connectivity index (χ1) is 8.64. The zero-order chi connectivity index (χ0) is 14.7. The number of alkyl halides is 6. The number of nitrogens with zero attached hydrogens (tertiary/aromatic N) is 4. The number of nitrogens with one attached hydrogen (secondary N) is 1. The van der Waals surface area contributed by atoms with Gasteiger partial charge in [0.2, 0.25) is 13.5 Å². The van der Waals surface area contributed by atoms with Crippen LogP contribution in [0.1, 0.15) is 18.1 Å². The van der Waals surface area contributed by atoms with E-state index < -0.39 is 7.59 Å². The Labute approximate surface area is 139 Å². The largest absolute Gasteiger partial charge is 0.353 e. The fourth-order valence-electron chi connectivity index (χ4n) is 0.939. The summed E-state index contributed by atoms with van der Waals surface area (Å²) in [7, 11) is 0. The Morgan fingerprint density at radius 3 is 1.79 bits per heavy atom. The third-order valence-corrected chi connectivity index (χ3v) is 2.68. The predicted molar refractivity (Wildman–Crippen MR) is 77.0 cm³/mol. The Morgan fingerprint density at radius 1 is 0.947 bits per heavy atom. The molecule has 5 nitrogen and oxygen atoms in total. The molecule has 1 aromatic rings. The minimum absolute atomic E-state index is 0.0490. The van der Waals surface area contributed by atoms with Crippen LogP contribution in [0.4, 0.5) is 5.95 Å². The van der Waals surface area contributed by atoms with Crippen molar-refractivity contribution in [2.75, 3.05) is 11.9 Å². The van der Waals surface area contributed by atoms with Crippen LogP contribution in [0, 0.1) is 11.3 Å². The number of hydrogen-bond donors (Lipinski definition) is 1. The van der Waals surface area contributed by atoms with Gasteiger partial charge >= 0.3 is 0 Å². The van der Waals surface area contributed by atoms with Gasteiger partial charge in [-0.25, -0.2) is 4.98 Å². The topological polar surface area (TPSA) is 74.5 Å². The summed E-state index contributed by atoms with van der Waals surface area (Å²) in [6.07, 6.45) is 0.234. The third kappa shape index (κ3) is 5.50. The smallest absolute Gasteiger partial charge is 0.250 e. The number of rotatable bonds is 3. The molecular weight excluding hydrogens is 379 g/mol. The van der Waals surface area contributed by atoms with Crippen LogP contribution in [0.3, 0.4) is 0 Å². The van der Waals surface area contributed by atoms with E-state index in [0.29, 0.717) is 6.54 Å². The van der Waals surface area contributed by atoms with Crippen LogP contribution >= 0.6 is 69.6 Å². The Balaban J connectivity index is 3.14. The van der Waals surface area contributed by atoms with Gasteiger partial charge in [-0.3, -0.25) is 0 Å². The summed E-state index contributed by atoms with van der Waals surface area (Å²) in [5.74, 6) is -0.325. The van der Waals surface area contributed by atoms with E-state index in [2.05, 4.69) is 20.3 Å². The van der Waals surface area contributed by atoms with Crippen molar-refractivity contribution in [2.45, 2.75) is 14.0 Å². The highest BCUT2D eigenvalue weighted by Crippen LogP contribution is 2.40. The lowest BCUT2D eigenvalue weighted by atomic mass is 10.5. The molecule has 0 unspecified atom stereocenters. The summed E-state index contributed by atoms with van der Waals surface area (Å²) < 4.78 is -3.78. The molecule has 104 valence electrons.